The third-order valence-electron chi connectivity index (χ3n) is 4.26. The van der Waals surface area contributed by atoms with Crippen molar-refractivity contribution in [3.05, 3.63) is 41.8 Å². The van der Waals surface area contributed by atoms with Crippen molar-refractivity contribution in [2.75, 3.05) is 26.2 Å². The number of H-pyrrole nitrogens is 1. The molecule has 24 heavy (non-hydrogen) atoms. The number of carboxylic acids is 1. The summed E-state index contributed by atoms with van der Waals surface area (Å²) in [7, 11) is 0. The molecule has 1 saturated heterocycles. The third kappa shape index (κ3) is 4.18. The molecule has 0 radical (unpaired) electrons. The lowest BCUT2D eigenvalue weighted by Gasteiger charge is -2.23. The highest BCUT2D eigenvalue weighted by Crippen LogP contribution is 2.23. The SMILES string of the molecule is O=C(O)C[C@@H]1CNCCN(Cc2cn[nH]c2-c2ccc(F)cc2)C1. The van der Waals surface area contributed by atoms with Crippen LogP contribution in [0.2, 0.25) is 0 Å². The summed E-state index contributed by atoms with van der Waals surface area (Å²) in [4.78, 5) is 13.2. The molecule has 2 aromatic rings. The molecule has 0 saturated carbocycles. The van der Waals surface area contributed by atoms with Crippen LogP contribution in [-0.2, 0) is 11.3 Å². The van der Waals surface area contributed by atoms with Gasteiger partial charge in [0.05, 0.1) is 18.3 Å². The van der Waals surface area contributed by atoms with E-state index in [4.69, 9.17) is 5.11 Å². The topological polar surface area (TPSA) is 81.2 Å². The zero-order chi connectivity index (χ0) is 16.9. The van der Waals surface area contributed by atoms with Crippen LogP contribution in [0.5, 0.6) is 0 Å². The van der Waals surface area contributed by atoms with Crippen LogP contribution in [0.25, 0.3) is 11.3 Å². The lowest BCUT2D eigenvalue weighted by molar-refractivity contribution is -0.138. The number of carbonyl (C=O) groups is 1. The van der Waals surface area contributed by atoms with E-state index in [0.717, 1.165) is 43.0 Å². The Morgan fingerprint density at radius 1 is 1.38 bits per heavy atom. The van der Waals surface area contributed by atoms with E-state index in [-0.39, 0.29) is 18.2 Å². The average Bonchev–Trinajstić information content (AvgIpc) is 2.88. The number of nitrogens with one attached hydrogen (secondary N) is 2. The Hall–Kier alpha value is -2.25. The fraction of sp³-hybridized carbons (Fsp3) is 0.412. The van der Waals surface area contributed by atoms with Crippen molar-refractivity contribution in [3.8, 4) is 11.3 Å². The molecule has 7 heteroatoms. The number of nitrogens with zero attached hydrogens (tertiary/aromatic N) is 2. The molecule has 2 heterocycles. The fourth-order valence-electron chi connectivity index (χ4n) is 3.13. The molecular weight excluding hydrogens is 311 g/mol. The van der Waals surface area contributed by atoms with Crippen LogP contribution in [0.15, 0.2) is 30.5 Å². The Kier molecular flexibility index (Phi) is 5.22. The number of hydrogen-bond acceptors (Lipinski definition) is 4. The van der Waals surface area contributed by atoms with Gasteiger partial charge in [-0.3, -0.25) is 14.8 Å². The smallest absolute Gasteiger partial charge is 0.303 e. The van der Waals surface area contributed by atoms with Crippen LogP contribution in [0.3, 0.4) is 0 Å². The summed E-state index contributed by atoms with van der Waals surface area (Å²) in [5, 5.41) is 19.4. The van der Waals surface area contributed by atoms with Crippen molar-refractivity contribution >= 4 is 5.97 Å². The average molecular weight is 332 g/mol. The molecule has 0 aliphatic carbocycles. The highest BCUT2D eigenvalue weighted by molar-refractivity contribution is 5.67. The quantitative estimate of drug-likeness (QED) is 0.777. The number of halogens is 1. The minimum atomic E-state index is -0.765. The van der Waals surface area contributed by atoms with E-state index in [1.54, 1.807) is 18.3 Å². The van der Waals surface area contributed by atoms with E-state index < -0.39 is 5.97 Å². The molecule has 3 N–H and O–H groups in total. The summed E-state index contributed by atoms with van der Waals surface area (Å²) >= 11 is 0. The molecule has 0 bridgehead atoms. The van der Waals surface area contributed by atoms with Crippen LogP contribution >= 0.6 is 0 Å². The van der Waals surface area contributed by atoms with Gasteiger partial charge in [0, 0.05) is 37.3 Å². The van der Waals surface area contributed by atoms with Gasteiger partial charge in [0.25, 0.3) is 0 Å². The maximum Gasteiger partial charge on any atom is 0.303 e. The molecule has 1 fully saturated rings. The molecule has 0 amide bonds. The van der Waals surface area contributed by atoms with Crippen LogP contribution in [-0.4, -0.2) is 52.4 Å². The standard InChI is InChI=1S/C17H21FN4O2/c18-15-3-1-13(2-4-15)17-14(9-20-21-17)11-22-6-5-19-8-12(10-22)7-16(23)24/h1-4,9,12,19H,5-8,10-11H2,(H,20,21)(H,23,24)/t12-/m1/s1. The zero-order valence-electron chi connectivity index (χ0n) is 13.3. The van der Waals surface area contributed by atoms with Crippen LogP contribution < -0.4 is 5.32 Å². The minimum absolute atomic E-state index is 0.0890. The lowest BCUT2D eigenvalue weighted by Crippen LogP contribution is -2.30. The summed E-state index contributed by atoms with van der Waals surface area (Å²) in [5.74, 6) is -0.944. The lowest BCUT2D eigenvalue weighted by atomic mass is 10.0. The second kappa shape index (κ2) is 7.55. The van der Waals surface area contributed by atoms with Crippen molar-refractivity contribution < 1.29 is 14.3 Å². The van der Waals surface area contributed by atoms with E-state index in [1.165, 1.54) is 12.1 Å². The monoisotopic (exact) mass is 332 g/mol. The number of carboxylic acid groups (broad SMARTS) is 1. The Morgan fingerprint density at radius 3 is 2.92 bits per heavy atom. The van der Waals surface area contributed by atoms with Gasteiger partial charge in [-0.1, -0.05) is 0 Å². The van der Waals surface area contributed by atoms with Gasteiger partial charge in [0.2, 0.25) is 0 Å². The van der Waals surface area contributed by atoms with Crippen LogP contribution in [0.4, 0.5) is 4.39 Å². The van der Waals surface area contributed by atoms with E-state index in [1.807, 2.05) is 0 Å². The fourth-order valence-corrected chi connectivity index (χ4v) is 3.13. The highest BCUT2D eigenvalue weighted by atomic mass is 19.1. The largest absolute Gasteiger partial charge is 0.481 e. The predicted octanol–water partition coefficient (Wildman–Crippen LogP) is 1.71. The van der Waals surface area contributed by atoms with Gasteiger partial charge >= 0.3 is 5.97 Å². The molecule has 0 unspecified atom stereocenters. The Labute approximate surface area is 139 Å². The molecule has 1 atom stereocenters. The van der Waals surface area contributed by atoms with Gasteiger partial charge in [0.1, 0.15) is 5.82 Å². The molecule has 6 nitrogen and oxygen atoms in total. The molecule has 1 aliphatic heterocycles. The highest BCUT2D eigenvalue weighted by Gasteiger charge is 2.21. The van der Waals surface area contributed by atoms with Crippen LogP contribution in [0, 0.1) is 11.7 Å². The summed E-state index contributed by atoms with van der Waals surface area (Å²) in [6, 6.07) is 6.31. The first kappa shape index (κ1) is 16.6. The number of benzene rings is 1. The normalized spacial score (nSPS) is 19.1. The second-order valence-corrected chi connectivity index (χ2v) is 6.18. The van der Waals surface area contributed by atoms with Crippen molar-refractivity contribution in [1.29, 1.82) is 0 Å². The van der Waals surface area contributed by atoms with Crippen molar-refractivity contribution in [1.82, 2.24) is 20.4 Å². The van der Waals surface area contributed by atoms with Gasteiger partial charge in [-0.25, -0.2) is 4.39 Å². The van der Waals surface area contributed by atoms with Gasteiger partial charge in [0.15, 0.2) is 0 Å². The number of aliphatic carboxylic acids is 1. The number of hydrogen-bond donors (Lipinski definition) is 3. The maximum atomic E-state index is 13.1. The van der Waals surface area contributed by atoms with Gasteiger partial charge in [-0.05, 0) is 36.7 Å². The summed E-state index contributed by atoms with van der Waals surface area (Å²) in [6.45, 7) is 3.82. The molecule has 128 valence electrons. The van der Waals surface area contributed by atoms with Crippen molar-refractivity contribution in [2.45, 2.75) is 13.0 Å². The van der Waals surface area contributed by atoms with Gasteiger partial charge in [-0.2, -0.15) is 5.10 Å². The van der Waals surface area contributed by atoms with E-state index >= 15 is 0 Å². The molecule has 1 aliphatic rings. The van der Waals surface area contributed by atoms with Crippen LogP contribution in [0.1, 0.15) is 12.0 Å². The summed E-state index contributed by atoms with van der Waals surface area (Å²) < 4.78 is 13.1. The van der Waals surface area contributed by atoms with E-state index in [9.17, 15) is 9.18 Å². The molecule has 1 aromatic heterocycles. The number of aromatic nitrogens is 2. The second-order valence-electron chi connectivity index (χ2n) is 6.18. The summed E-state index contributed by atoms with van der Waals surface area (Å²) in [5.41, 5.74) is 2.79. The first-order valence-electron chi connectivity index (χ1n) is 8.05. The third-order valence-corrected chi connectivity index (χ3v) is 4.26. The van der Waals surface area contributed by atoms with E-state index in [2.05, 4.69) is 20.4 Å². The zero-order valence-corrected chi connectivity index (χ0v) is 13.3. The van der Waals surface area contributed by atoms with Crippen molar-refractivity contribution in [3.63, 3.8) is 0 Å². The molecule has 3 rings (SSSR count). The number of rotatable bonds is 5. The summed E-state index contributed by atoms with van der Waals surface area (Å²) in [6.07, 6.45) is 1.95. The first-order valence-corrected chi connectivity index (χ1v) is 8.05. The van der Waals surface area contributed by atoms with Gasteiger partial charge < -0.3 is 10.4 Å². The predicted molar refractivity (Wildman–Crippen MR) is 87.9 cm³/mol. The first-order chi connectivity index (χ1) is 11.6. The minimum Gasteiger partial charge on any atom is -0.481 e. The van der Waals surface area contributed by atoms with E-state index in [0.29, 0.717) is 6.54 Å². The molecular formula is C17H21FN4O2. The maximum absolute atomic E-state index is 13.1. The Bertz CT molecular complexity index is 686. The molecule has 0 spiro atoms. The number of aromatic amines is 1. The van der Waals surface area contributed by atoms with Crippen molar-refractivity contribution in [2.24, 2.45) is 5.92 Å². The molecule has 1 aromatic carbocycles. The Balaban J connectivity index is 1.72. The Morgan fingerprint density at radius 2 is 2.17 bits per heavy atom. The van der Waals surface area contributed by atoms with Gasteiger partial charge in [-0.15, -0.1) is 0 Å².